The molecule has 6 nitrogen and oxygen atoms in total. The maximum atomic E-state index is 12.2. The molecule has 2 rings (SSSR count). The molecule has 1 aromatic heterocycles. The molecule has 0 aliphatic carbocycles. The number of nitrogens with two attached hydrogens (primary N) is 1. The lowest BCUT2D eigenvalue weighted by atomic mass is 10.1. The number of aromatic nitrogens is 1. The van der Waals surface area contributed by atoms with E-state index in [1.807, 2.05) is 45.0 Å². The van der Waals surface area contributed by atoms with Crippen LogP contribution < -0.4 is 10.5 Å². The lowest BCUT2D eigenvalue weighted by molar-refractivity contribution is -0.130. The molecule has 0 saturated heterocycles. The van der Waals surface area contributed by atoms with Crippen LogP contribution in [0.1, 0.15) is 29.5 Å². The third-order valence-corrected chi connectivity index (χ3v) is 4.24. The van der Waals surface area contributed by atoms with Crippen molar-refractivity contribution in [1.29, 1.82) is 0 Å². The van der Waals surface area contributed by atoms with E-state index < -0.39 is 0 Å². The number of hydrogen-bond acceptors (Lipinski definition) is 5. The highest BCUT2D eigenvalue weighted by Crippen LogP contribution is 2.18. The standard InChI is InChI=1S/C18H25N3O3.ClH/c1-12(10-19)21(4)18(22)9-15-5-7-16(8-6-15)23-11-17-13(2)20-24-14(17)3;/h5-8,12H,9-11,19H2,1-4H3;1H. The summed E-state index contributed by atoms with van der Waals surface area (Å²) in [4.78, 5) is 13.9. The van der Waals surface area contributed by atoms with Crippen molar-refractivity contribution in [2.75, 3.05) is 13.6 Å². The van der Waals surface area contributed by atoms with E-state index in [0.717, 1.165) is 28.3 Å². The molecule has 0 spiro atoms. The molecule has 0 saturated carbocycles. The fourth-order valence-electron chi connectivity index (χ4n) is 2.27. The molecule has 2 aromatic rings. The molecule has 0 bridgehead atoms. The van der Waals surface area contributed by atoms with Crippen molar-refractivity contribution in [2.24, 2.45) is 5.73 Å². The van der Waals surface area contributed by atoms with Gasteiger partial charge in [-0.15, -0.1) is 12.4 Å². The quantitative estimate of drug-likeness (QED) is 0.813. The highest BCUT2D eigenvalue weighted by molar-refractivity contribution is 5.85. The van der Waals surface area contributed by atoms with Crippen LogP contribution in [0.3, 0.4) is 0 Å². The Labute approximate surface area is 154 Å². The zero-order chi connectivity index (χ0) is 17.7. The van der Waals surface area contributed by atoms with Crippen molar-refractivity contribution >= 4 is 18.3 Å². The molecule has 0 aliphatic rings. The summed E-state index contributed by atoms with van der Waals surface area (Å²) in [6.07, 6.45) is 0.352. The summed E-state index contributed by atoms with van der Waals surface area (Å²) < 4.78 is 10.9. The van der Waals surface area contributed by atoms with Gasteiger partial charge in [-0.1, -0.05) is 17.3 Å². The summed E-state index contributed by atoms with van der Waals surface area (Å²) in [7, 11) is 1.78. The molecule has 7 heteroatoms. The molecule has 1 amide bonds. The summed E-state index contributed by atoms with van der Waals surface area (Å²) >= 11 is 0. The first-order valence-electron chi connectivity index (χ1n) is 8.01. The largest absolute Gasteiger partial charge is 0.489 e. The molecular formula is C18H26ClN3O3. The molecular weight excluding hydrogens is 342 g/mol. The van der Waals surface area contributed by atoms with Crippen molar-refractivity contribution in [3.05, 3.63) is 46.8 Å². The average molecular weight is 368 g/mol. The highest BCUT2D eigenvalue weighted by atomic mass is 35.5. The molecule has 1 atom stereocenters. The predicted octanol–water partition coefficient (Wildman–Crippen LogP) is 2.64. The monoisotopic (exact) mass is 367 g/mol. The number of carbonyl (C=O) groups excluding carboxylic acids is 1. The van der Waals surface area contributed by atoms with Crippen molar-refractivity contribution in [3.8, 4) is 5.75 Å². The number of ether oxygens (including phenoxy) is 1. The van der Waals surface area contributed by atoms with Crippen LogP contribution in [0, 0.1) is 13.8 Å². The Kier molecular flexibility index (Phi) is 7.93. The molecule has 1 aromatic carbocycles. The number of likely N-dealkylation sites (N-methyl/N-ethyl adjacent to an activating group) is 1. The first-order valence-corrected chi connectivity index (χ1v) is 8.01. The van der Waals surface area contributed by atoms with E-state index in [1.54, 1.807) is 11.9 Å². The SMILES string of the molecule is Cc1noc(C)c1COc1ccc(CC(=O)N(C)C(C)CN)cc1.Cl. The van der Waals surface area contributed by atoms with Crippen molar-refractivity contribution in [3.63, 3.8) is 0 Å². The van der Waals surface area contributed by atoms with Gasteiger partial charge in [-0.25, -0.2) is 0 Å². The van der Waals surface area contributed by atoms with Gasteiger partial charge in [0.05, 0.1) is 17.7 Å². The van der Waals surface area contributed by atoms with Gasteiger partial charge in [-0.3, -0.25) is 4.79 Å². The topological polar surface area (TPSA) is 81.6 Å². The maximum absolute atomic E-state index is 12.2. The van der Waals surface area contributed by atoms with Gasteiger partial charge >= 0.3 is 0 Å². The third kappa shape index (κ3) is 5.47. The Morgan fingerprint density at radius 3 is 2.48 bits per heavy atom. The number of aryl methyl sites for hydroxylation is 2. The molecule has 0 radical (unpaired) electrons. The molecule has 1 unspecified atom stereocenters. The number of hydrogen-bond donors (Lipinski definition) is 1. The smallest absolute Gasteiger partial charge is 0.227 e. The first kappa shape index (κ1) is 21.0. The normalized spacial score (nSPS) is 11.6. The molecule has 1 heterocycles. The van der Waals surface area contributed by atoms with Gasteiger partial charge in [0, 0.05) is 19.6 Å². The Morgan fingerprint density at radius 1 is 1.32 bits per heavy atom. The summed E-state index contributed by atoms with van der Waals surface area (Å²) in [5, 5.41) is 3.91. The second kappa shape index (κ2) is 9.44. The van der Waals surface area contributed by atoms with Crippen LogP contribution in [0.5, 0.6) is 5.75 Å². The summed E-state index contributed by atoms with van der Waals surface area (Å²) in [5.41, 5.74) is 8.35. The van der Waals surface area contributed by atoms with Gasteiger partial charge in [0.1, 0.15) is 18.1 Å². The van der Waals surface area contributed by atoms with Gasteiger partial charge in [0.25, 0.3) is 0 Å². The van der Waals surface area contributed by atoms with Crippen molar-refractivity contribution in [2.45, 2.75) is 39.8 Å². The van der Waals surface area contributed by atoms with Crippen LogP contribution in [0.2, 0.25) is 0 Å². The number of nitrogens with zero attached hydrogens (tertiary/aromatic N) is 2. The molecule has 138 valence electrons. The number of halogens is 1. The maximum Gasteiger partial charge on any atom is 0.227 e. The Hall–Kier alpha value is -2.05. The zero-order valence-corrected chi connectivity index (χ0v) is 15.9. The fourth-order valence-corrected chi connectivity index (χ4v) is 2.27. The van der Waals surface area contributed by atoms with Gasteiger partial charge < -0.3 is 19.9 Å². The highest BCUT2D eigenvalue weighted by Gasteiger charge is 2.15. The zero-order valence-electron chi connectivity index (χ0n) is 15.1. The molecule has 0 aliphatic heterocycles. The predicted molar refractivity (Wildman–Crippen MR) is 99.0 cm³/mol. The van der Waals surface area contributed by atoms with Crippen LogP contribution in [-0.2, 0) is 17.8 Å². The summed E-state index contributed by atoms with van der Waals surface area (Å²) in [5.74, 6) is 1.57. The van der Waals surface area contributed by atoms with E-state index in [4.69, 9.17) is 15.0 Å². The van der Waals surface area contributed by atoms with E-state index in [1.165, 1.54) is 0 Å². The average Bonchev–Trinajstić information content (AvgIpc) is 2.91. The number of amides is 1. The lowest BCUT2D eigenvalue weighted by Crippen LogP contribution is -2.40. The van der Waals surface area contributed by atoms with Gasteiger partial charge in [-0.2, -0.15) is 0 Å². The second-order valence-electron chi connectivity index (χ2n) is 6.00. The van der Waals surface area contributed by atoms with Crippen LogP contribution in [0.4, 0.5) is 0 Å². The Morgan fingerprint density at radius 2 is 1.96 bits per heavy atom. The number of rotatable bonds is 7. The van der Waals surface area contributed by atoms with Crippen LogP contribution in [0.25, 0.3) is 0 Å². The van der Waals surface area contributed by atoms with E-state index >= 15 is 0 Å². The van der Waals surface area contributed by atoms with Gasteiger partial charge in [-0.05, 0) is 38.5 Å². The molecule has 25 heavy (non-hydrogen) atoms. The van der Waals surface area contributed by atoms with Crippen molar-refractivity contribution < 1.29 is 14.1 Å². The lowest BCUT2D eigenvalue weighted by Gasteiger charge is -2.23. The van der Waals surface area contributed by atoms with E-state index in [-0.39, 0.29) is 24.4 Å². The summed E-state index contributed by atoms with van der Waals surface area (Å²) in [6, 6.07) is 7.58. The minimum atomic E-state index is 0. The van der Waals surface area contributed by atoms with Gasteiger partial charge in [0.15, 0.2) is 0 Å². The fraction of sp³-hybridized carbons (Fsp3) is 0.444. The van der Waals surface area contributed by atoms with E-state index in [9.17, 15) is 4.79 Å². The second-order valence-corrected chi connectivity index (χ2v) is 6.00. The van der Waals surface area contributed by atoms with Crippen molar-refractivity contribution in [1.82, 2.24) is 10.1 Å². The summed E-state index contributed by atoms with van der Waals surface area (Å²) in [6.45, 7) is 6.56. The van der Waals surface area contributed by atoms with Crippen LogP contribution in [0.15, 0.2) is 28.8 Å². The minimum absolute atomic E-state index is 0. The van der Waals surface area contributed by atoms with Gasteiger partial charge in [0.2, 0.25) is 5.91 Å². The van der Waals surface area contributed by atoms with E-state index in [0.29, 0.717) is 19.6 Å². The first-order chi connectivity index (χ1) is 11.4. The molecule has 0 fully saturated rings. The number of carbonyl (C=O) groups is 1. The minimum Gasteiger partial charge on any atom is -0.489 e. The van der Waals surface area contributed by atoms with Crippen LogP contribution in [-0.4, -0.2) is 35.6 Å². The van der Waals surface area contributed by atoms with Crippen LogP contribution >= 0.6 is 12.4 Å². The van der Waals surface area contributed by atoms with E-state index in [2.05, 4.69) is 5.16 Å². The Balaban J connectivity index is 0.00000312. The Bertz CT molecular complexity index is 666. The number of benzene rings is 1. The molecule has 2 N–H and O–H groups in total. The third-order valence-electron chi connectivity index (χ3n) is 4.24.